The van der Waals surface area contributed by atoms with E-state index in [2.05, 4.69) is 20.3 Å². The summed E-state index contributed by atoms with van der Waals surface area (Å²) >= 11 is 0. The molecule has 0 radical (unpaired) electrons. The topological polar surface area (TPSA) is 53.9 Å². The number of hydrogen-bond acceptors (Lipinski definition) is 5. The van der Waals surface area contributed by atoms with Crippen molar-refractivity contribution in [2.24, 2.45) is 5.92 Å². The van der Waals surface area contributed by atoms with E-state index >= 15 is 0 Å². The molecule has 2 aromatic rings. The van der Waals surface area contributed by atoms with E-state index in [1.807, 2.05) is 25.1 Å². The van der Waals surface area contributed by atoms with Gasteiger partial charge < -0.3 is 10.2 Å². The Labute approximate surface area is 129 Å². The molecule has 1 saturated carbocycles. The highest BCUT2D eigenvalue weighted by Gasteiger charge is 2.34. The van der Waals surface area contributed by atoms with Crippen LogP contribution >= 0.6 is 0 Å². The largest absolute Gasteiger partial charge is 0.360 e. The Morgan fingerprint density at radius 1 is 1.27 bits per heavy atom. The summed E-state index contributed by atoms with van der Waals surface area (Å²) in [6.07, 6.45) is 3.53. The van der Waals surface area contributed by atoms with Crippen LogP contribution in [0.25, 0.3) is 0 Å². The summed E-state index contributed by atoms with van der Waals surface area (Å²) in [5.74, 6) is 0.826. The molecule has 3 rings (SSSR count). The van der Waals surface area contributed by atoms with Gasteiger partial charge in [-0.25, -0.2) is 9.37 Å². The molecule has 0 spiro atoms. The van der Waals surface area contributed by atoms with Crippen molar-refractivity contribution in [3.8, 4) is 0 Å². The number of aromatic nitrogens is 3. The fourth-order valence-electron chi connectivity index (χ4n) is 2.48. The van der Waals surface area contributed by atoms with Crippen LogP contribution < -0.4 is 10.2 Å². The van der Waals surface area contributed by atoms with Gasteiger partial charge in [0.15, 0.2) is 11.6 Å². The predicted molar refractivity (Wildman–Crippen MR) is 84.4 cm³/mol. The van der Waals surface area contributed by atoms with E-state index in [0.717, 1.165) is 24.2 Å². The first-order valence-corrected chi connectivity index (χ1v) is 7.44. The van der Waals surface area contributed by atoms with Gasteiger partial charge in [-0.15, -0.1) is 0 Å². The fraction of sp³-hybridized carbons (Fsp3) is 0.438. The molecule has 5 nitrogen and oxygen atoms in total. The zero-order valence-corrected chi connectivity index (χ0v) is 13.0. The molecule has 2 heterocycles. The van der Waals surface area contributed by atoms with Crippen LogP contribution in [0.4, 0.5) is 16.2 Å². The average molecular weight is 301 g/mol. The highest BCUT2D eigenvalue weighted by Crippen LogP contribution is 2.42. The number of aryl methyl sites for hydroxylation is 1. The lowest BCUT2D eigenvalue weighted by atomic mass is 10.1. The van der Waals surface area contributed by atoms with Gasteiger partial charge in [0.05, 0.1) is 17.9 Å². The van der Waals surface area contributed by atoms with Gasteiger partial charge in [-0.2, -0.15) is 4.98 Å². The number of hydrogen-bond donors (Lipinski definition) is 1. The first-order chi connectivity index (χ1) is 10.5. The van der Waals surface area contributed by atoms with Gasteiger partial charge >= 0.3 is 0 Å². The molecule has 0 bridgehead atoms. The number of nitrogens with one attached hydrogen (secondary N) is 1. The van der Waals surface area contributed by atoms with Gasteiger partial charge in [-0.3, -0.25) is 4.98 Å². The van der Waals surface area contributed by atoms with Crippen molar-refractivity contribution in [2.45, 2.75) is 25.8 Å². The van der Waals surface area contributed by atoms with Gasteiger partial charge in [-0.1, -0.05) is 6.07 Å². The van der Waals surface area contributed by atoms with Crippen molar-refractivity contribution in [2.75, 3.05) is 24.3 Å². The second-order valence-corrected chi connectivity index (χ2v) is 5.92. The Bertz CT molecular complexity index is 669. The second-order valence-electron chi connectivity index (χ2n) is 5.92. The number of halogens is 1. The molecular formula is C16H20FN5. The van der Waals surface area contributed by atoms with Crippen molar-refractivity contribution in [3.05, 3.63) is 41.6 Å². The highest BCUT2D eigenvalue weighted by atomic mass is 19.1. The van der Waals surface area contributed by atoms with Crippen molar-refractivity contribution in [1.29, 1.82) is 0 Å². The van der Waals surface area contributed by atoms with Crippen LogP contribution in [-0.2, 0) is 0 Å². The van der Waals surface area contributed by atoms with Gasteiger partial charge in [0.2, 0.25) is 5.95 Å². The highest BCUT2D eigenvalue weighted by molar-refractivity contribution is 5.43. The molecule has 1 fully saturated rings. The molecular weight excluding hydrogens is 281 g/mol. The maximum Gasteiger partial charge on any atom is 0.225 e. The zero-order valence-electron chi connectivity index (χ0n) is 13.0. The first kappa shape index (κ1) is 14.7. The predicted octanol–water partition coefficient (Wildman–Crippen LogP) is 2.95. The van der Waals surface area contributed by atoms with E-state index in [1.165, 1.54) is 6.20 Å². The molecule has 1 aliphatic carbocycles. The second kappa shape index (κ2) is 5.87. The summed E-state index contributed by atoms with van der Waals surface area (Å²) in [6, 6.07) is 6.07. The maximum atomic E-state index is 13.7. The third-order valence-electron chi connectivity index (χ3n) is 3.76. The first-order valence-electron chi connectivity index (χ1n) is 7.44. The molecule has 2 aromatic heterocycles. The summed E-state index contributed by atoms with van der Waals surface area (Å²) in [4.78, 5) is 14.6. The van der Waals surface area contributed by atoms with Crippen LogP contribution in [0, 0.1) is 18.7 Å². The van der Waals surface area contributed by atoms with E-state index in [4.69, 9.17) is 0 Å². The fourth-order valence-corrected chi connectivity index (χ4v) is 2.48. The molecule has 0 unspecified atom stereocenters. The van der Waals surface area contributed by atoms with E-state index in [0.29, 0.717) is 11.9 Å². The lowest BCUT2D eigenvalue weighted by molar-refractivity contribution is 0.607. The normalized spacial score (nSPS) is 15.5. The molecule has 22 heavy (non-hydrogen) atoms. The third kappa shape index (κ3) is 3.16. The number of anilines is 2. The van der Waals surface area contributed by atoms with E-state index < -0.39 is 5.82 Å². The molecule has 0 saturated heterocycles. The molecule has 1 N–H and O–H groups in total. The van der Waals surface area contributed by atoms with Crippen molar-refractivity contribution < 1.29 is 4.39 Å². The monoisotopic (exact) mass is 301 g/mol. The van der Waals surface area contributed by atoms with Crippen LogP contribution in [0.15, 0.2) is 24.4 Å². The summed E-state index contributed by atoms with van der Waals surface area (Å²) < 4.78 is 13.7. The molecule has 1 aliphatic rings. The van der Waals surface area contributed by atoms with Crippen LogP contribution in [0.1, 0.15) is 30.3 Å². The Balaban J connectivity index is 1.87. The standard InChI is InChI=1S/C16H20FN5/c1-10-5-4-6-13(19-10)14(11-7-8-11)20-16-18-9-12(17)15(21-16)22(2)3/h4-6,9,11,14H,7-8H2,1-3H3,(H,18,20,21)/t14-/m0/s1. The van der Waals surface area contributed by atoms with Crippen LogP contribution in [0.2, 0.25) is 0 Å². The van der Waals surface area contributed by atoms with Gasteiger partial charge in [-0.05, 0) is 37.8 Å². The molecule has 0 aliphatic heterocycles. The van der Waals surface area contributed by atoms with E-state index in [1.54, 1.807) is 19.0 Å². The van der Waals surface area contributed by atoms with Crippen LogP contribution in [0.5, 0.6) is 0 Å². The Hall–Kier alpha value is -2.24. The summed E-state index contributed by atoms with van der Waals surface area (Å²) in [6.45, 7) is 1.98. The lowest BCUT2D eigenvalue weighted by Crippen LogP contribution is -2.19. The Morgan fingerprint density at radius 2 is 2.05 bits per heavy atom. The van der Waals surface area contributed by atoms with Crippen molar-refractivity contribution in [1.82, 2.24) is 15.0 Å². The Morgan fingerprint density at radius 3 is 2.68 bits per heavy atom. The summed E-state index contributed by atoms with van der Waals surface area (Å²) in [5.41, 5.74) is 1.97. The van der Waals surface area contributed by atoms with E-state index in [9.17, 15) is 4.39 Å². The van der Waals surface area contributed by atoms with Gasteiger partial charge in [0, 0.05) is 19.8 Å². The maximum absolute atomic E-state index is 13.7. The molecule has 116 valence electrons. The van der Waals surface area contributed by atoms with E-state index in [-0.39, 0.29) is 11.9 Å². The van der Waals surface area contributed by atoms with Crippen LogP contribution in [-0.4, -0.2) is 29.0 Å². The number of pyridine rings is 1. The SMILES string of the molecule is Cc1cccc([C@@H](Nc2ncc(F)c(N(C)C)n2)C2CC2)n1. The number of nitrogens with zero attached hydrogens (tertiary/aromatic N) is 4. The minimum Gasteiger partial charge on any atom is -0.360 e. The zero-order chi connectivity index (χ0) is 15.7. The molecule has 6 heteroatoms. The van der Waals surface area contributed by atoms with Crippen molar-refractivity contribution in [3.63, 3.8) is 0 Å². The lowest BCUT2D eigenvalue weighted by Gasteiger charge is -2.19. The summed E-state index contributed by atoms with van der Waals surface area (Å²) in [7, 11) is 3.52. The summed E-state index contributed by atoms with van der Waals surface area (Å²) in [5, 5.41) is 3.33. The minimum absolute atomic E-state index is 0.0698. The minimum atomic E-state index is -0.424. The van der Waals surface area contributed by atoms with Crippen molar-refractivity contribution >= 4 is 11.8 Å². The quantitative estimate of drug-likeness (QED) is 0.920. The number of rotatable bonds is 5. The smallest absolute Gasteiger partial charge is 0.225 e. The van der Waals surface area contributed by atoms with Gasteiger partial charge in [0.25, 0.3) is 0 Å². The molecule has 1 atom stereocenters. The third-order valence-corrected chi connectivity index (χ3v) is 3.76. The molecule has 0 amide bonds. The van der Waals surface area contributed by atoms with Crippen LogP contribution in [0.3, 0.4) is 0 Å². The molecule has 0 aromatic carbocycles. The Kier molecular flexibility index (Phi) is 3.92. The average Bonchev–Trinajstić information content (AvgIpc) is 3.30. The van der Waals surface area contributed by atoms with Gasteiger partial charge in [0.1, 0.15) is 0 Å².